The van der Waals surface area contributed by atoms with E-state index in [-0.39, 0.29) is 13.1 Å². The molecular formula is C4H8F3NS. The molecule has 1 rings (SSSR count). The second-order valence-corrected chi connectivity index (χ2v) is 3.30. The Balaban J connectivity index is 2.42. The van der Waals surface area contributed by atoms with Gasteiger partial charge in [0.2, 0.25) is 0 Å². The molecule has 0 unspecified atom stereocenters. The molecule has 1 nitrogen and oxygen atoms in total. The molecule has 0 N–H and O–H groups in total. The van der Waals surface area contributed by atoms with Gasteiger partial charge < -0.3 is 0 Å². The van der Waals surface area contributed by atoms with Crippen molar-refractivity contribution < 1.29 is 11.7 Å². The zero-order valence-electron chi connectivity index (χ0n) is 4.82. The van der Waals surface area contributed by atoms with Crippen molar-refractivity contribution in [2.75, 3.05) is 13.1 Å². The Bertz CT molecular complexity index is 96.5. The van der Waals surface area contributed by atoms with E-state index in [4.69, 9.17) is 0 Å². The van der Waals surface area contributed by atoms with Crippen molar-refractivity contribution in [3.05, 3.63) is 0 Å². The van der Waals surface area contributed by atoms with E-state index in [0.29, 0.717) is 17.1 Å². The van der Waals surface area contributed by atoms with Crippen molar-refractivity contribution >= 4 is 11.4 Å². The molecule has 0 bridgehead atoms. The molecule has 0 amide bonds. The Morgan fingerprint density at radius 3 is 1.67 bits per heavy atom. The van der Waals surface area contributed by atoms with Crippen molar-refractivity contribution in [1.29, 1.82) is 0 Å². The van der Waals surface area contributed by atoms with Crippen LogP contribution in [0.3, 0.4) is 0 Å². The van der Waals surface area contributed by atoms with Crippen LogP contribution in [0, 0.1) is 0 Å². The summed E-state index contributed by atoms with van der Waals surface area (Å²) < 4.78 is 35.9. The third-order valence-electron chi connectivity index (χ3n) is 1.36. The monoisotopic (exact) mass is 159 g/mol. The highest BCUT2D eigenvalue weighted by Gasteiger charge is 2.32. The molecule has 9 heavy (non-hydrogen) atoms. The summed E-state index contributed by atoms with van der Waals surface area (Å²) in [6.07, 6.45) is 1.40. The molecule has 0 aromatic carbocycles. The largest absolute Gasteiger partial charge is 0.278 e. The molecule has 0 saturated carbocycles. The van der Waals surface area contributed by atoms with Gasteiger partial charge in [0, 0.05) is 13.1 Å². The van der Waals surface area contributed by atoms with Gasteiger partial charge in [-0.2, -0.15) is 4.31 Å². The van der Waals surface area contributed by atoms with Crippen LogP contribution in [-0.2, 0) is 0 Å². The molecule has 1 aliphatic heterocycles. The first-order valence-electron chi connectivity index (χ1n) is 2.78. The van der Waals surface area contributed by atoms with Crippen molar-refractivity contribution in [2.24, 2.45) is 0 Å². The Hall–Kier alpha value is 0.1000. The molecule has 0 aromatic heterocycles. The van der Waals surface area contributed by atoms with Gasteiger partial charge in [-0.3, -0.25) is 0 Å². The van der Waals surface area contributed by atoms with Gasteiger partial charge in [-0.1, -0.05) is 0 Å². The van der Waals surface area contributed by atoms with Crippen LogP contribution in [0.2, 0.25) is 0 Å². The van der Waals surface area contributed by atoms with Gasteiger partial charge in [0.1, 0.15) is 0 Å². The maximum Gasteiger partial charge on any atom is 0.278 e. The molecule has 0 aromatic rings. The summed E-state index contributed by atoms with van der Waals surface area (Å²) >= 11 is -4.87. The number of halogens is 3. The van der Waals surface area contributed by atoms with Crippen LogP contribution in [0.5, 0.6) is 0 Å². The zero-order chi connectivity index (χ0) is 6.91. The summed E-state index contributed by atoms with van der Waals surface area (Å²) in [5.41, 5.74) is 0. The molecule has 0 spiro atoms. The van der Waals surface area contributed by atoms with Gasteiger partial charge in [-0.05, 0) is 12.8 Å². The van der Waals surface area contributed by atoms with Gasteiger partial charge in [0.15, 0.2) is 0 Å². The molecule has 1 heterocycles. The van der Waals surface area contributed by atoms with Crippen LogP contribution < -0.4 is 0 Å². The lowest BCUT2D eigenvalue weighted by atomic mass is 10.4. The highest BCUT2D eigenvalue weighted by atomic mass is 32.3. The van der Waals surface area contributed by atoms with Gasteiger partial charge in [0.05, 0.1) is 0 Å². The average Bonchev–Trinajstić information content (AvgIpc) is 2.08. The van der Waals surface area contributed by atoms with E-state index < -0.39 is 11.4 Å². The van der Waals surface area contributed by atoms with E-state index in [1.807, 2.05) is 0 Å². The van der Waals surface area contributed by atoms with Crippen LogP contribution in [0.15, 0.2) is 0 Å². The van der Waals surface area contributed by atoms with Gasteiger partial charge in [-0.15, -0.1) is 11.7 Å². The topological polar surface area (TPSA) is 3.24 Å². The zero-order valence-corrected chi connectivity index (χ0v) is 5.63. The fraction of sp³-hybridized carbons (Fsp3) is 1.00. The van der Waals surface area contributed by atoms with E-state index in [2.05, 4.69) is 0 Å². The van der Waals surface area contributed by atoms with E-state index in [1.54, 1.807) is 0 Å². The summed E-state index contributed by atoms with van der Waals surface area (Å²) in [5, 5.41) is 0. The number of nitrogens with zero attached hydrogens (tertiary/aromatic N) is 1. The third-order valence-corrected chi connectivity index (χ3v) is 2.31. The molecule has 1 saturated heterocycles. The summed E-state index contributed by atoms with van der Waals surface area (Å²) in [6.45, 7) is 0.442. The molecule has 0 aliphatic carbocycles. The normalized spacial score (nSPS) is 24.8. The molecule has 0 radical (unpaired) electrons. The minimum Gasteiger partial charge on any atom is -0.193 e. The highest BCUT2D eigenvalue weighted by Crippen LogP contribution is 2.57. The van der Waals surface area contributed by atoms with E-state index >= 15 is 0 Å². The van der Waals surface area contributed by atoms with E-state index in [9.17, 15) is 11.7 Å². The summed E-state index contributed by atoms with van der Waals surface area (Å²) in [4.78, 5) is 0. The first-order valence-corrected chi connectivity index (χ1v) is 4.07. The second kappa shape index (κ2) is 2.38. The van der Waals surface area contributed by atoms with Crippen LogP contribution >= 0.6 is 11.4 Å². The van der Waals surface area contributed by atoms with Crippen LogP contribution in [0.25, 0.3) is 0 Å². The number of hydrogen-bond donors (Lipinski definition) is 0. The Labute approximate surface area is 54.2 Å². The van der Waals surface area contributed by atoms with Gasteiger partial charge in [-0.25, -0.2) is 0 Å². The third kappa shape index (κ3) is 1.76. The first-order chi connectivity index (χ1) is 4.11. The summed E-state index contributed by atoms with van der Waals surface area (Å²) in [6, 6.07) is 0. The van der Waals surface area contributed by atoms with Gasteiger partial charge in [0.25, 0.3) is 11.4 Å². The summed E-state index contributed by atoms with van der Waals surface area (Å²) in [7, 11) is 0. The smallest absolute Gasteiger partial charge is 0.193 e. The van der Waals surface area contributed by atoms with Gasteiger partial charge >= 0.3 is 0 Å². The molecule has 56 valence electrons. The van der Waals surface area contributed by atoms with E-state index in [0.717, 1.165) is 0 Å². The van der Waals surface area contributed by atoms with Crippen LogP contribution in [0.1, 0.15) is 12.8 Å². The number of rotatable bonds is 1. The summed E-state index contributed by atoms with van der Waals surface area (Å²) in [5.74, 6) is 0. The molecule has 1 aliphatic rings. The van der Waals surface area contributed by atoms with Crippen molar-refractivity contribution in [2.45, 2.75) is 12.8 Å². The van der Waals surface area contributed by atoms with E-state index in [1.165, 1.54) is 0 Å². The minimum absolute atomic E-state index is 0.221. The standard InChI is InChI=1S/C4H8F3NS/c5-9(6,7)8-3-1-2-4-8/h1-4H2. The average molecular weight is 159 g/mol. The van der Waals surface area contributed by atoms with Crippen molar-refractivity contribution in [3.8, 4) is 0 Å². The predicted octanol–water partition coefficient (Wildman–Crippen LogP) is 2.46. The van der Waals surface area contributed by atoms with Crippen LogP contribution in [0.4, 0.5) is 11.7 Å². The number of hydrogen-bond acceptors (Lipinski definition) is 1. The maximum atomic E-state index is 11.8. The maximum absolute atomic E-state index is 11.8. The predicted molar refractivity (Wildman–Crippen MR) is 31.7 cm³/mol. The molecule has 5 heteroatoms. The lowest BCUT2D eigenvalue weighted by Crippen LogP contribution is -2.15. The quantitative estimate of drug-likeness (QED) is 0.568. The Morgan fingerprint density at radius 2 is 1.44 bits per heavy atom. The molecule has 1 fully saturated rings. The SMILES string of the molecule is FS(F)(F)N1CCCC1. The first kappa shape index (κ1) is 7.21. The van der Waals surface area contributed by atoms with Crippen molar-refractivity contribution in [1.82, 2.24) is 4.31 Å². The Morgan fingerprint density at radius 1 is 1.00 bits per heavy atom. The fourth-order valence-electron chi connectivity index (χ4n) is 0.895. The highest BCUT2D eigenvalue weighted by molar-refractivity contribution is 8.18. The van der Waals surface area contributed by atoms with Crippen LogP contribution in [-0.4, -0.2) is 17.4 Å². The minimum atomic E-state index is -4.87. The van der Waals surface area contributed by atoms with Crippen molar-refractivity contribution in [3.63, 3.8) is 0 Å². The lowest BCUT2D eigenvalue weighted by molar-refractivity contribution is 0.448. The lowest BCUT2D eigenvalue weighted by Gasteiger charge is -2.20. The Kier molecular flexibility index (Phi) is 1.91. The fourth-order valence-corrected chi connectivity index (χ4v) is 1.57. The molecular weight excluding hydrogens is 151 g/mol. The second-order valence-electron chi connectivity index (χ2n) is 2.02. The molecule has 0 atom stereocenters.